The molecule has 0 fully saturated rings. The monoisotopic (exact) mass is 401 g/mol. The molecule has 0 unspecified atom stereocenters. The van der Waals surface area contributed by atoms with E-state index in [1.54, 1.807) is 6.92 Å². The molecule has 0 saturated heterocycles. The molecule has 2 aromatic heterocycles. The minimum absolute atomic E-state index is 0.0256. The first kappa shape index (κ1) is 18.4. The first-order chi connectivity index (χ1) is 12.1. The molecular weight excluding hydrogens is 391 g/mol. The van der Waals surface area contributed by atoms with Crippen LogP contribution in [0.5, 0.6) is 0 Å². The van der Waals surface area contributed by atoms with Gasteiger partial charge in [-0.2, -0.15) is 18.3 Å². The maximum atomic E-state index is 13.0. The summed E-state index contributed by atoms with van der Waals surface area (Å²) in [6.45, 7) is 2.00. The van der Waals surface area contributed by atoms with Crippen LogP contribution in [-0.4, -0.2) is 25.8 Å². The number of nitrogens with zero attached hydrogens (tertiary/aromatic N) is 3. The van der Waals surface area contributed by atoms with Gasteiger partial charge in [-0.25, -0.2) is 9.78 Å². The lowest BCUT2D eigenvalue weighted by molar-refractivity contribution is -0.137. The Bertz CT molecular complexity index is 982. The van der Waals surface area contributed by atoms with Gasteiger partial charge < -0.3 is 5.11 Å². The number of thiazole rings is 1. The predicted octanol–water partition coefficient (Wildman–Crippen LogP) is 4.73. The van der Waals surface area contributed by atoms with Gasteiger partial charge in [0.05, 0.1) is 29.6 Å². The molecule has 0 bridgehead atoms. The fraction of sp³-hybridized carbons (Fsp3) is 0.188. The third-order valence-electron chi connectivity index (χ3n) is 3.56. The van der Waals surface area contributed by atoms with E-state index in [1.165, 1.54) is 34.5 Å². The van der Waals surface area contributed by atoms with Crippen LogP contribution in [-0.2, 0) is 12.7 Å². The fourth-order valence-electron chi connectivity index (χ4n) is 2.29. The molecule has 0 saturated carbocycles. The molecule has 1 aromatic carbocycles. The summed E-state index contributed by atoms with van der Waals surface area (Å²) in [4.78, 5) is 16.1. The molecular formula is C16H11ClF3N3O2S. The molecule has 0 spiro atoms. The van der Waals surface area contributed by atoms with E-state index in [0.29, 0.717) is 10.7 Å². The van der Waals surface area contributed by atoms with Crippen molar-refractivity contribution < 1.29 is 23.1 Å². The molecule has 0 radical (unpaired) electrons. The van der Waals surface area contributed by atoms with Crippen molar-refractivity contribution in [1.82, 2.24) is 14.8 Å². The van der Waals surface area contributed by atoms with Crippen LogP contribution < -0.4 is 0 Å². The largest absolute Gasteiger partial charge is 0.478 e. The van der Waals surface area contributed by atoms with Crippen LogP contribution in [0.1, 0.15) is 26.5 Å². The van der Waals surface area contributed by atoms with E-state index >= 15 is 0 Å². The molecule has 0 aliphatic carbocycles. The minimum atomic E-state index is -4.50. The van der Waals surface area contributed by atoms with E-state index in [4.69, 9.17) is 16.7 Å². The summed E-state index contributed by atoms with van der Waals surface area (Å²) in [6, 6.07) is 3.29. The summed E-state index contributed by atoms with van der Waals surface area (Å²) in [5.41, 5.74) is 0.0739. The standard InChI is InChI=1S/C16H11ClF3N3O2S/c1-8-13(7-23-6-10(5-21-23)15(24)25)22-14(26-8)9-2-11(16(18,19)20)4-12(17)3-9/h2-6H,7H2,1H3,(H,24,25). The van der Waals surface area contributed by atoms with Gasteiger partial charge in [0, 0.05) is 21.7 Å². The van der Waals surface area contributed by atoms with Crippen molar-refractivity contribution in [3.63, 3.8) is 0 Å². The number of rotatable bonds is 4. The van der Waals surface area contributed by atoms with E-state index in [9.17, 15) is 18.0 Å². The average molecular weight is 402 g/mol. The summed E-state index contributed by atoms with van der Waals surface area (Å²) < 4.78 is 40.3. The molecule has 0 atom stereocenters. The van der Waals surface area contributed by atoms with E-state index < -0.39 is 17.7 Å². The zero-order valence-electron chi connectivity index (χ0n) is 13.2. The summed E-state index contributed by atoms with van der Waals surface area (Å²) in [6.07, 6.45) is -1.92. The Hall–Kier alpha value is -2.39. The van der Waals surface area contributed by atoms with Crippen molar-refractivity contribution in [2.75, 3.05) is 0 Å². The van der Waals surface area contributed by atoms with Crippen molar-refractivity contribution in [2.45, 2.75) is 19.6 Å². The molecule has 2 heterocycles. The molecule has 0 amide bonds. The van der Waals surface area contributed by atoms with Crippen molar-refractivity contribution in [1.29, 1.82) is 0 Å². The number of aromatic carboxylic acids is 1. The van der Waals surface area contributed by atoms with Crippen LogP contribution in [0.25, 0.3) is 10.6 Å². The van der Waals surface area contributed by atoms with Gasteiger partial charge in [0.15, 0.2) is 0 Å². The highest BCUT2D eigenvalue weighted by Crippen LogP contribution is 2.36. The number of halogens is 4. The van der Waals surface area contributed by atoms with E-state index in [1.807, 2.05) is 0 Å². The maximum Gasteiger partial charge on any atom is 0.416 e. The zero-order valence-corrected chi connectivity index (χ0v) is 14.8. The van der Waals surface area contributed by atoms with Crippen LogP contribution in [0, 0.1) is 6.92 Å². The number of hydrogen-bond donors (Lipinski definition) is 1. The quantitative estimate of drug-likeness (QED) is 0.686. The lowest BCUT2D eigenvalue weighted by Crippen LogP contribution is -2.05. The Balaban J connectivity index is 1.93. The second-order valence-corrected chi connectivity index (χ2v) is 7.12. The summed E-state index contributed by atoms with van der Waals surface area (Å²) in [7, 11) is 0. The Morgan fingerprint density at radius 2 is 2.08 bits per heavy atom. The van der Waals surface area contributed by atoms with Crippen molar-refractivity contribution in [3.8, 4) is 10.6 Å². The highest BCUT2D eigenvalue weighted by molar-refractivity contribution is 7.15. The molecule has 26 heavy (non-hydrogen) atoms. The maximum absolute atomic E-state index is 13.0. The zero-order chi connectivity index (χ0) is 19.1. The molecule has 10 heteroatoms. The van der Waals surface area contributed by atoms with Crippen molar-refractivity contribution in [2.24, 2.45) is 0 Å². The Morgan fingerprint density at radius 3 is 2.69 bits per heavy atom. The normalized spacial score (nSPS) is 11.7. The summed E-state index contributed by atoms with van der Waals surface area (Å²) in [5.74, 6) is -1.09. The van der Waals surface area contributed by atoms with E-state index in [2.05, 4.69) is 10.1 Å². The van der Waals surface area contributed by atoms with Gasteiger partial charge >= 0.3 is 12.1 Å². The SMILES string of the molecule is Cc1sc(-c2cc(Cl)cc(C(F)(F)F)c2)nc1Cn1cc(C(=O)O)cn1. The third-order valence-corrected chi connectivity index (χ3v) is 4.84. The van der Waals surface area contributed by atoms with E-state index in [-0.39, 0.29) is 22.7 Å². The minimum Gasteiger partial charge on any atom is -0.478 e. The van der Waals surface area contributed by atoms with Crippen LogP contribution >= 0.6 is 22.9 Å². The average Bonchev–Trinajstić information content (AvgIpc) is 3.14. The lowest BCUT2D eigenvalue weighted by atomic mass is 10.1. The smallest absolute Gasteiger partial charge is 0.416 e. The topological polar surface area (TPSA) is 68.0 Å². The van der Waals surface area contributed by atoms with Gasteiger partial charge in [0.25, 0.3) is 0 Å². The van der Waals surface area contributed by atoms with Crippen LogP contribution in [0.3, 0.4) is 0 Å². The van der Waals surface area contributed by atoms with Gasteiger partial charge in [-0.3, -0.25) is 4.68 Å². The van der Waals surface area contributed by atoms with Gasteiger partial charge in [-0.15, -0.1) is 11.3 Å². The number of hydrogen-bond acceptors (Lipinski definition) is 4. The number of carboxylic acids is 1. The second kappa shape index (κ2) is 6.73. The number of carboxylic acid groups (broad SMARTS) is 1. The Morgan fingerprint density at radius 1 is 1.35 bits per heavy atom. The predicted molar refractivity (Wildman–Crippen MR) is 90.6 cm³/mol. The highest BCUT2D eigenvalue weighted by Gasteiger charge is 2.31. The molecule has 136 valence electrons. The van der Waals surface area contributed by atoms with Gasteiger partial charge in [-0.05, 0) is 25.1 Å². The number of aromatic nitrogens is 3. The molecule has 3 rings (SSSR count). The first-order valence-corrected chi connectivity index (χ1v) is 8.43. The first-order valence-electron chi connectivity index (χ1n) is 7.23. The van der Waals surface area contributed by atoms with E-state index in [0.717, 1.165) is 17.0 Å². The molecule has 0 aliphatic heterocycles. The van der Waals surface area contributed by atoms with Crippen LogP contribution in [0.2, 0.25) is 5.02 Å². The van der Waals surface area contributed by atoms with Crippen molar-refractivity contribution in [3.05, 3.63) is 57.3 Å². The molecule has 5 nitrogen and oxygen atoms in total. The fourth-order valence-corrected chi connectivity index (χ4v) is 3.43. The van der Waals surface area contributed by atoms with Crippen LogP contribution in [0.4, 0.5) is 13.2 Å². The van der Waals surface area contributed by atoms with Crippen molar-refractivity contribution >= 4 is 28.9 Å². The molecule has 1 N–H and O–H groups in total. The highest BCUT2D eigenvalue weighted by atomic mass is 35.5. The van der Waals surface area contributed by atoms with Crippen LogP contribution in [0.15, 0.2) is 30.6 Å². The number of aryl methyl sites for hydroxylation is 1. The number of carbonyl (C=O) groups is 1. The van der Waals surface area contributed by atoms with Gasteiger partial charge in [0.2, 0.25) is 0 Å². The van der Waals surface area contributed by atoms with Gasteiger partial charge in [-0.1, -0.05) is 11.6 Å². The third kappa shape index (κ3) is 3.88. The molecule has 0 aliphatic rings. The number of alkyl halides is 3. The summed E-state index contributed by atoms with van der Waals surface area (Å²) in [5, 5.41) is 13.2. The molecule has 3 aromatic rings. The Labute approximate surface area is 154 Å². The van der Waals surface area contributed by atoms with Gasteiger partial charge in [0.1, 0.15) is 5.01 Å². The lowest BCUT2D eigenvalue weighted by Gasteiger charge is -2.08. The summed E-state index contributed by atoms with van der Waals surface area (Å²) >= 11 is 7.06. The number of benzene rings is 1. The second-order valence-electron chi connectivity index (χ2n) is 5.48. The Kier molecular flexibility index (Phi) is 4.76.